The van der Waals surface area contributed by atoms with Crippen molar-refractivity contribution in [2.24, 2.45) is 0 Å². The van der Waals surface area contributed by atoms with Crippen molar-refractivity contribution in [3.05, 3.63) is 66.2 Å². The highest BCUT2D eigenvalue weighted by atomic mass is 16.5. The summed E-state index contributed by atoms with van der Waals surface area (Å²) in [5.74, 6) is 1.25. The van der Waals surface area contributed by atoms with Crippen LogP contribution in [0.5, 0.6) is 5.75 Å². The summed E-state index contributed by atoms with van der Waals surface area (Å²) in [7, 11) is 0. The van der Waals surface area contributed by atoms with E-state index in [1.54, 1.807) is 0 Å². The van der Waals surface area contributed by atoms with E-state index < -0.39 is 6.10 Å². The number of benzene rings is 2. The second-order valence-corrected chi connectivity index (χ2v) is 5.75. The summed E-state index contributed by atoms with van der Waals surface area (Å²) in [4.78, 5) is 14.4. The van der Waals surface area contributed by atoms with Crippen LogP contribution >= 0.6 is 0 Å². The lowest BCUT2D eigenvalue weighted by Crippen LogP contribution is -2.39. The van der Waals surface area contributed by atoms with Crippen LogP contribution in [0.2, 0.25) is 0 Å². The molecule has 1 aliphatic rings. The number of ether oxygens (including phenoxy) is 1. The third kappa shape index (κ3) is 3.30. The van der Waals surface area contributed by atoms with Gasteiger partial charge in [0.15, 0.2) is 6.10 Å². The van der Waals surface area contributed by atoms with Crippen LogP contribution in [0.25, 0.3) is 0 Å². The van der Waals surface area contributed by atoms with Crippen LogP contribution in [-0.4, -0.2) is 30.0 Å². The van der Waals surface area contributed by atoms with Crippen molar-refractivity contribution < 1.29 is 9.53 Å². The highest BCUT2D eigenvalue weighted by Crippen LogP contribution is 2.27. The van der Waals surface area contributed by atoms with Gasteiger partial charge in [0.05, 0.1) is 0 Å². The van der Waals surface area contributed by atoms with Crippen LogP contribution in [-0.2, 0) is 4.79 Å². The molecule has 0 spiro atoms. The molecule has 1 heterocycles. The first kappa shape index (κ1) is 14.6. The van der Waals surface area contributed by atoms with Crippen molar-refractivity contribution in [3.63, 3.8) is 0 Å². The molecule has 3 nitrogen and oxygen atoms in total. The van der Waals surface area contributed by atoms with Crippen LogP contribution in [0.15, 0.2) is 60.7 Å². The molecular formula is C19H21NO2. The second-order valence-electron chi connectivity index (χ2n) is 5.75. The van der Waals surface area contributed by atoms with E-state index in [1.807, 2.05) is 48.2 Å². The van der Waals surface area contributed by atoms with E-state index in [1.165, 1.54) is 5.56 Å². The molecule has 0 aromatic heterocycles. The zero-order chi connectivity index (χ0) is 15.4. The van der Waals surface area contributed by atoms with E-state index in [9.17, 15) is 4.79 Å². The van der Waals surface area contributed by atoms with Crippen LogP contribution in [0.1, 0.15) is 24.8 Å². The van der Waals surface area contributed by atoms with E-state index in [4.69, 9.17) is 4.74 Å². The van der Waals surface area contributed by atoms with Gasteiger partial charge in [-0.1, -0.05) is 48.5 Å². The fourth-order valence-electron chi connectivity index (χ4n) is 2.97. The quantitative estimate of drug-likeness (QED) is 0.864. The molecule has 1 saturated heterocycles. The van der Waals surface area contributed by atoms with Gasteiger partial charge in [0.2, 0.25) is 0 Å². The summed E-state index contributed by atoms with van der Waals surface area (Å²) >= 11 is 0. The Hall–Kier alpha value is -2.29. The van der Waals surface area contributed by atoms with Crippen LogP contribution in [0, 0.1) is 0 Å². The third-order valence-corrected chi connectivity index (χ3v) is 4.17. The lowest BCUT2D eigenvalue weighted by atomic mass is 9.99. The van der Waals surface area contributed by atoms with Crippen molar-refractivity contribution in [2.45, 2.75) is 25.4 Å². The first-order valence-electron chi connectivity index (χ1n) is 7.79. The molecule has 1 aliphatic heterocycles. The number of para-hydroxylation sites is 1. The van der Waals surface area contributed by atoms with Crippen molar-refractivity contribution in [3.8, 4) is 5.75 Å². The normalized spacial score (nSPS) is 19.0. The monoisotopic (exact) mass is 295 g/mol. The molecule has 0 aliphatic carbocycles. The fourth-order valence-corrected chi connectivity index (χ4v) is 2.97. The molecule has 0 N–H and O–H groups in total. The maximum Gasteiger partial charge on any atom is 0.263 e. The van der Waals surface area contributed by atoms with Crippen molar-refractivity contribution in [1.82, 2.24) is 4.90 Å². The number of rotatable bonds is 4. The number of amides is 1. The van der Waals surface area contributed by atoms with E-state index in [0.717, 1.165) is 25.3 Å². The summed E-state index contributed by atoms with van der Waals surface area (Å²) in [6, 6.07) is 19.9. The average molecular weight is 295 g/mol. The first-order chi connectivity index (χ1) is 10.7. The zero-order valence-electron chi connectivity index (χ0n) is 12.8. The van der Waals surface area contributed by atoms with Crippen molar-refractivity contribution in [2.75, 3.05) is 13.1 Å². The maximum absolute atomic E-state index is 12.5. The molecule has 3 rings (SSSR count). The Bertz CT molecular complexity index is 612. The Balaban J connectivity index is 1.59. The minimum atomic E-state index is -0.447. The lowest BCUT2D eigenvalue weighted by Gasteiger charge is -2.22. The summed E-state index contributed by atoms with van der Waals surface area (Å²) in [5, 5.41) is 0. The van der Waals surface area contributed by atoms with Gasteiger partial charge in [0.25, 0.3) is 5.91 Å². The van der Waals surface area contributed by atoms with Gasteiger partial charge in [-0.05, 0) is 31.0 Å². The number of hydrogen-bond acceptors (Lipinski definition) is 2. The van der Waals surface area contributed by atoms with Gasteiger partial charge in [-0.25, -0.2) is 0 Å². The molecule has 3 heteroatoms. The van der Waals surface area contributed by atoms with E-state index >= 15 is 0 Å². The largest absolute Gasteiger partial charge is 0.481 e. The van der Waals surface area contributed by atoms with Crippen molar-refractivity contribution in [1.29, 1.82) is 0 Å². The van der Waals surface area contributed by atoms with Gasteiger partial charge in [0, 0.05) is 19.0 Å². The molecule has 2 aromatic rings. The third-order valence-electron chi connectivity index (χ3n) is 4.17. The molecule has 114 valence electrons. The predicted molar refractivity (Wildman–Crippen MR) is 86.9 cm³/mol. The number of carbonyl (C=O) groups excluding carboxylic acids is 1. The van der Waals surface area contributed by atoms with Gasteiger partial charge >= 0.3 is 0 Å². The Kier molecular flexibility index (Phi) is 4.42. The van der Waals surface area contributed by atoms with Gasteiger partial charge in [0.1, 0.15) is 5.75 Å². The van der Waals surface area contributed by atoms with Crippen molar-refractivity contribution >= 4 is 5.91 Å². The number of carbonyl (C=O) groups is 1. The van der Waals surface area contributed by atoms with Gasteiger partial charge in [-0.15, -0.1) is 0 Å². The SMILES string of the molecule is C[C@H](Oc1ccccc1)C(=O)N1CC[C@@H](c2ccccc2)C1. The summed E-state index contributed by atoms with van der Waals surface area (Å²) in [5.41, 5.74) is 1.31. The average Bonchev–Trinajstić information content (AvgIpc) is 3.06. The van der Waals surface area contributed by atoms with Crippen LogP contribution < -0.4 is 4.74 Å². The van der Waals surface area contributed by atoms with Gasteiger partial charge in [-0.3, -0.25) is 4.79 Å². The lowest BCUT2D eigenvalue weighted by molar-refractivity contribution is -0.136. The molecule has 2 aromatic carbocycles. The Morgan fingerprint density at radius 2 is 1.73 bits per heavy atom. The summed E-state index contributed by atoms with van der Waals surface area (Å²) in [6.45, 7) is 3.41. The molecule has 0 unspecified atom stereocenters. The Morgan fingerprint density at radius 1 is 1.09 bits per heavy atom. The highest BCUT2D eigenvalue weighted by molar-refractivity contribution is 5.81. The zero-order valence-corrected chi connectivity index (χ0v) is 12.8. The minimum absolute atomic E-state index is 0.0716. The minimum Gasteiger partial charge on any atom is -0.481 e. The summed E-state index contributed by atoms with van der Waals surface area (Å²) < 4.78 is 5.74. The van der Waals surface area contributed by atoms with Gasteiger partial charge < -0.3 is 9.64 Å². The summed E-state index contributed by atoms with van der Waals surface area (Å²) in [6.07, 6.45) is 0.574. The Morgan fingerprint density at radius 3 is 2.41 bits per heavy atom. The molecule has 0 bridgehead atoms. The maximum atomic E-state index is 12.5. The Labute approximate surface area is 131 Å². The van der Waals surface area contributed by atoms with Crippen LogP contribution in [0.3, 0.4) is 0 Å². The highest BCUT2D eigenvalue weighted by Gasteiger charge is 2.30. The molecule has 0 saturated carbocycles. The fraction of sp³-hybridized carbons (Fsp3) is 0.316. The smallest absolute Gasteiger partial charge is 0.263 e. The topological polar surface area (TPSA) is 29.5 Å². The van der Waals surface area contributed by atoms with Crippen LogP contribution in [0.4, 0.5) is 0 Å². The standard InChI is InChI=1S/C19H21NO2/c1-15(22-18-10-6-3-7-11-18)19(21)20-13-12-17(14-20)16-8-4-2-5-9-16/h2-11,15,17H,12-14H2,1H3/t15-,17+/m0/s1. The number of hydrogen-bond donors (Lipinski definition) is 0. The molecule has 1 amide bonds. The molecule has 1 fully saturated rings. The number of nitrogens with zero attached hydrogens (tertiary/aromatic N) is 1. The molecule has 0 radical (unpaired) electrons. The molecular weight excluding hydrogens is 274 g/mol. The van der Waals surface area contributed by atoms with E-state index in [-0.39, 0.29) is 5.91 Å². The van der Waals surface area contributed by atoms with Gasteiger partial charge in [-0.2, -0.15) is 0 Å². The van der Waals surface area contributed by atoms with E-state index in [0.29, 0.717) is 5.92 Å². The molecule has 2 atom stereocenters. The molecule has 22 heavy (non-hydrogen) atoms. The van der Waals surface area contributed by atoms with E-state index in [2.05, 4.69) is 24.3 Å². The first-order valence-corrected chi connectivity index (χ1v) is 7.79. The second kappa shape index (κ2) is 6.65. The number of likely N-dealkylation sites (tertiary alicyclic amines) is 1. The predicted octanol–water partition coefficient (Wildman–Crippen LogP) is 3.47.